The molecule has 1 atom stereocenters. The summed E-state index contributed by atoms with van der Waals surface area (Å²) in [6.45, 7) is 2.66. The molecule has 1 saturated heterocycles. The van der Waals surface area contributed by atoms with Gasteiger partial charge in [-0.3, -0.25) is 0 Å². The summed E-state index contributed by atoms with van der Waals surface area (Å²) < 4.78 is 7.22. The molecule has 2 aliphatic rings. The number of thiophene rings is 1. The lowest BCUT2D eigenvalue weighted by molar-refractivity contribution is 0.0494. The van der Waals surface area contributed by atoms with E-state index in [1.54, 1.807) is 11.3 Å². The Hall–Kier alpha value is -1.57. The molecule has 4 heteroatoms. The van der Waals surface area contributed by atoms with E-state index in [1.165, 1.54) is 22.9 Å². The van der Waals surface area contributed by atoms with Gasteiger partial charge in [-0.15, -0.1) is 11.3 Å². The minimum absolute atomic E-state index is 0.436. The first-order valence-electron chi connectivity index (χ1n) is 7.65. The van der Waals surface area contributed by atoms with Gasteiger partial charge in [0.15, 0.2) is 0 Å². The Morgan fingerprint density at radius 1 is 1.19 bits per heavy atom. The summed E-state index contributed by atoms with van der Waals surface area (Å²) >= 11 is 1.60. The summed E-state index contributed by atoms with van der Waals surface area (Å²) in [6.07, 6.45) is 4.18. The number of hydrogen-bond acceptors (Lipinski definition) is 4. The van der Waals surface area contributed by atoms with E-state index in [9.17, 15) is 5.26 Å². The Morgan fingerprint density at radius 3 is 2.86 bits per heavy atom. The minimum Gasteiger partial charge on any atom is -0.376 e. The number of nitrogens with zero attached hydrogens (tertiary/aromatic N) is 2. The van der Waals surface area contributed by atoms with Crippen LogP contribution in [-0.2, 0) is 4.74 Å². The van der Waals surface area contributed by atoms with Crippen LogP contribution in [0.2, 0.25) is 0 Å². The second-order valence-corrected chi connectivity index (χ2v) is 6.96. The molecule has 0 amide bonds. The molecular weight excluding hydrogens is 280 g/mol. The molecule has 4 rings (SSSR count). The number of fused-ring (bicyclic) bond motifs is 1. The average Bonchev–Trinajstić information content (AvgIpc) is 3.31. The number of nitriles is 1. The van der Waals surface area contributed by atoms with Gasteiger partial charge in [0.05, 0.1) is 18.4 Å². The predicted molar refractivity (Wildman–Crippen MR) is 85.8 cm³/mol. The van der Waals surface area contributed by atoms with E-state index in [1.807, 2.05) is 6.07 Å². The lowest BCUT2D eigenvalue weighted by Gasteiger charge is -2.22. The standard InChI is InChI=1S/C17H18N2OS/c18-11-16-17(13-3-1-2-4-15(13)21-16)19-8-7-14(12-5-6-12)20-10-9-19/h1-4,12,14H,5-10H2. The van der Waals surface area contributed by atoms with Gasteiger partial charge in [-0.2, -0.15) is 5.26 Å². The SMILES string of the molecule is N#Cc1sc2ccccc2c1N1CCOC(C2CC2)CC1. The van der Waals surface area contributed by atoms with Gasteiger partial charge in [-0.05, 0) is 31.2 Å². The van der Waals surface area contributed by atoms with Crippen molar-refractivity contribution in [3.8, 4) is 6.07 Å². The predicted octanol–water partition coefficient (Wildman–Crippen LogP) is 3.78. The smallest absolute Gasteiger partial charge is 0.129 e. The van der Waals surface area contributed by atoms with Gasteiger partial charge < -0.3 is 9.64 Å². The van der Waals surface area contributed by atoms with E-state index in [0.29, 0.717) is 6.10 Å². The zero-order valence-corrected chi connectivity index (χ0v) is 12.7. The lowest BCUT2D eigenvalue weighted by atomic mass is 10.1. The molecule has 0 radical (unpaired) electrons. The highest BCUT2D eigenvalue weighted by atomic mass is 32.1. The molecule has 1 aliphatic heterocycles. The molecule has 1 aromatic heterocycles. The normalized spacial score (nSPS) is 23.0. The van der Waals surface area contributed by atoms with Crippen LogP contribution in [0.3, 0.4) is 0 Å². The third-order valence-electron chi connectivity index (χ3n) is 4.51. The van der Waals surface area contributed by atoms with Crippen molar-refractivity contribution in [2.45, 2.75) is 25.4 Å². The molecule has 0 N–H and O–H groups in total. The number of rotatable bonds is 2. The van der Waals surface area contributed by atoms with Crippen molar-refractivity contribution in [1.82, 2.24) is 0 Å². The zero-order chi connectivity index (χ0) is 14.2. The van der Waals surface area contributed by atoms with E-state index in [4.69, 9.17) is 4.74 Å². The molecule has 2 heterocycles. The zero-order valence-electron chi connectivity index (χ0n) is 11.9. The molecule has 1 unspecified atom stereocenters. The average molecular weight is 298 g/mol. The van der Waals surface area contributed by atoms with Crippen molar-refractivity contribution in [3.63, 3.8) is 0 Å². The van der Waals surface area contributed by atoms with E-state index in [-0.39, 0.29) is 0 Å². The van der Waals surface area contributed by atoms with Crippen LogP contribution >= 0.6 is 11.3 Å². The van der Waals surface area contributed by atoms with Crippen LogP contribution in [0.25, 0.3) is 10.1 Å². The van der Waals surface area contributed by atoms with E-state index in [2.05, 4.69) is 29.2 Å². The van der Waals surface area contributed by atoms with Crippen LogP contribution in [0.15, 0.2) is 24.3 Å². The molecule has 21 heavy (non-hydrogen) atoms. The molecule has 2 aromatic rings. The highest BCUT2D eigenvalue weighted by molar-refractivity contribution is 7.20. The van der Waals surface area contributed by atoms with E-state index >= 15 is 0 Å². The Labute approximate surface area is 128 Å². The van der Waals surface area contributed by atoms with Crippen molar-refractivity contribution >= 4 is 27.1 Å². The van der Waals surface area contributed by atoms with Gasteiger partial charge in [0, 0.05) is 23.2 Å². The third kappa shape index (κ3) is 2.41. The maximum absolute atomic E-state index is 9.47. The largest absolute Gasteiger partial charge is 0.376 e. The van der Waals surface area contributed by atoms with E-state index in [0.717, 1.165) is 42.6 Å². The number of ether oxygens (including phenoxy) is 1. The van der Waals surface area contributed by atoms with Gasteiger partial charge in [0.25, 0.3) is 0 Å². The number of anilines is 1. The fraction of sp³-hybridized carbons (Fsp3) is 0.471. The van der Waals surface area contributed by atoms with Crippen molar-refractivity contribution in [2.24, 2.45) is 5.92 Å². The molecule has 2 fully saturated rings. The fourth-order valence-electron chi connectivity index (χ4n) is 3.28. The molecule has 1 aromatic carbocycles. The van der Waals surface area contributed by atoms with Crippen LogP contribution in [0.4, 0.5) is 5.69 Å². The van der Waals surface area contributed by atoms with Crippen molar-refractivity contribution in [3.05, 3.63) is 29.1 Å². The van der Waals surface area contributed by atoms with Crippen molar-refractivity contribution in [2.75, 3.05) is 24.6 Å². The fourth-order valence-corrected chi connectivity index (χ4v) is 4.30. The second-order valence-electron chi connectivity index (χ2n) is 5.91. The van der Waals surface area contributed by atoms with Crippen molar-refractivity contribution < 1.29 is 4.74 Å². The maximum Gasteiger partial charge on any atom is 0.129 e. The Bertz CT molecular complexity index is 698. The molecule has 108 valence electrons. The summed E-state index contributed by atoms with van der Waals surface area (Å²) in [6, 6.07) is 10.7. The summed E-state index contributed by atoms with van der Waals surface area (Å²) in [5, 5.41) is 10.7. The van der Waals surface area contributed by atoms with Gasteiger partial charge in [-0.1, -0.05) is 18.2 Å². The quantitative estimate of drug-likeness (QED) is 0.846. The second kappa shape index (κ2) is 5.32. The summed E-state index contributed by atoms with van der Waals surface area (Å²) in [5.41, 5.74) is 1.12. The van der Waals surface area contributed by atoms with Gasteiger partial charge in [0.2, 0.25) is 0 Å². The van der Waals surface area contributed by atoms with Crippen LogP contribution in [0, 0.1) is 17.2 Å². The van der Waals surface area contributed by atoms with Gasteiger partial charge in [0.1, 0.15) is 10.9 Å². The Balaban J connectivity index is 1.67. The molecule has 1 aliphatic carbocycles. The molecule has 0 spiro atoms. The van der Waals surface area contributed by atoms with Crippen LogP contribution < -0.4 is 4.90 Å². The highest BCUT2D eigenvalue weighted by Crippen LogP contribution is 2.40. The topological polar surface area (TPSA) is 36.3 Å². The summed E-state index contributed by atoms with van der Waals surface area (Å²) in [7, 11) is 0. The van der Waals surface area contributed by atoms with Crippen LogP contribution in [0.1, 0.15) is 24.1 Å². The number of benzene rings is 1. The summed E-state index contributed by atoms with van der Waals surface area (Å²) in [5.74, 6) is 0.791. The number of hydrogen-bond donors (Lipinski definition) is 0. The van der Waals surface area contributed by atoms with E-state index < -0.39 is 0 Å². The Kier molecular flexibility index (Phi) is 3.33. The molecule has 3 nitrogen and oxygen atoms in total. The lowest BCUT2D eigenvalue weighted by Crippen LogP contribution is -2.26. The molecule has 0 bridgehead atoms. The highest BCUT2D eigenvalue weighted by Gasteiger charge is 2.34. The molecular formula is C17H18N2OS. The van der Waals surface area contributed by atoms with Crippen LogP contribution in [-0.4, -0.2) is 25.8 Å². The van der Waals surface area contributed by atoms with Crippen LogP contribution in [0.5, 0.6) is 0 Å². The maximum atomic E-state index is 9.47. The Morgan fingerprint density at radius 2 is 2.05 bits per heavy atom. The van der Waals surface area contributed by atoms with Gasteiger partial charge >= 0.3 is 0 Å². The van der Waals surface area contributed by atoms with Crippen molar-refractivity contribution in [1.29, 1.82) is 5.26 Å². The minimum atomic E-state index is 0.436. The monoisotopic (exact) mass is 298 g/mol. The third-order valence-corrected chi connectivity index (χ3v) is 5.58. The summed E-state index contributed by atoms with van der Waals surface area (Å²) in [4.78, 5) is 3.20. The first-order valence-corrected chi connectivity index (χ1v) is 8.46. The first-order chi connectivity index (χ1) is 10.4. The van der Waals surface area contributed by atoms with Gasteiger partial charge in [-0.25, -0.2) is 0 Å². The first kappa shape index (κ1) is 13.1. The molecule has 1 saturated carbocycles.